The van der Waals surface area contributed by atoms with Gasteiger partial charge >= 0.3 is 0 Å². The van der Waals surface area contributed by atoms with Crippen LogP contribution in [0.1, 0.15) is 61.0 Å². The van der Waals surface area contributed by atoms with Crippen molar-refractivity contribution in [1.29, 1.82) is 5.26 Å². The number of hydrogen-bond acceptors (Lipinski definition) is 9. The van der Waals surface area contributed by atoms with Gasteiger partial charge in [-0.25, -0.2) is 26.7 Å². The van der Waals surface area contributed by atoms with E-state index < -0.39 is 26.9 Å². The molecule has 47 heavy (non-hydrogen) atoms. The lowest BCUT2D eigenvalue weighted by atomic mass is 9.73. The minimum atomic E-state index is -3.13. The zero-order valence-corrected chi connectivity index (χ0v) is 27.2. The molecule has 4 aromatic rings. The number of fused-ring (bicyclic) bond motifs is 1. The van der Waals surface area contributed by atoms with Crippen LogP contribution in [0.15, 0.2) is 48.9 Å². The number of ether oxygens (including phenoxy) is 2. The fourth-order valence-electron chi connectivity index (χ4n) is 7.06. The first-order valence-corrected chi connectivity index (χ1v) is 17.8. The molecule has 2 aliphatic rings. The Labute approximate surface area is 272 Å². The van der Waals surface area contributed by atoms with Crippen LogP contribution in [0.3, 0.4) is 0 Å². The molecule has 4 heterocycles. The summed E-state index contributed by atoms with van der Waals surface area (Å²) >= 11 is 0. The lowest BCUT2D eigenvalue weighted by molar-refractivity contribution is -0.0154. The van der Waals surface area contributed by atoms with Gasteiger partial charge in [-0.1, -0.05) is 6.92 Å². The Balaban J connectivity index is 1.25. The number of sulfone groups is 1. The van der Waals surface area contributed by atoms with Crippen molar-refractivity contribution in [2.75, 3.05) is 31.8 Å². The topological polar surface area (TPSA) is 145 Å². The number of benzene rings is 1. The van der Waals surface area contributed by atoms with Crippen LogP contribution < -0.4 is 5.73 Å². The van der Waals surface area contributed by atoms with Gasteiger partial charge in [-0.2, -0.15) is 10.4 Å². The van der Waals surface area contributed by atoms with Crippen LogP contribution in [0, 0.1) is 28.9 Å². The van der Waals surface area contributed by atoms with Gasteiger partial charge in [-0.15, -0.1) is 0 Å². The Hall–Kier alpha value is -3.83. The minimum absolute atomic E-state index is 0.0444. The van der Waals surface area contributed by atoms with E-state index in [1.807, 2.05) is 6.07 Å². The van der Waals surface area contributed by atoms with Crippen LogP contribution in [0.4, 0.5) is 8.78 Å². The van der Waals surface area contributed by atoms with E-state index in [0.717, 1.165) is 17.5 Å². The second-order valence-corrected chi connectivity index (χ2v) is 15.1. The summed E-state index contributed by atoms with van der Waals surface area (Å²) in [5, 5.41) is 14.5. The summed E-state index contributed by atoms with van der Waals surface area (Å²) < 4.78 is 67.2. The largest absolute Gasteiger partial charge is 0.381 e. The molecule has 0 amide bonds. The van der Waals surface area contributed by atoms with Crippen LogP contribution in [-0.2, 0) is 31.1 Å². The zero-order valence-electron chi connectivity index (χ0n) is 26.4. The highest BCUT2D eigenvalue weighted by Gasteiger charge is 2.37. The van der Waals surface area contributed by atoms with E-state index in [4.69, 9.17) is 15.2 Å². The number of pyridine rings is 1. The monoisotopic (exact) mass is 664 g/mol. The summed E-state index contributed by atoms with van der Waals surface area (Å²) in [5.41, 5.74) is 8.40. The zero-order chi connectivity index (χ0) is 33.3. The molecule has 1 saturated heterocycles. The summed E-state index contributed by atoms with van der Waals surface area (Å²) in [6, 6.07) is 9.74. The number of imidazole rings is 1. The molecule has 4 atom stereocenters. The average Bonchev–Trinajstić information content (AvgIpc) is 3.43. The molecule has 1 aliphatic heterocycles. The van der Waals surface area contributed by atoms with Gasteiger partial charge < -0.3 is 15.2 Å². The van der Waals surface area contributed by atoms with Crippen LogP contribution in [-0.4, -0.2) is 72.0 Å². The second kappa shape index (κ2) is 13.4. The highest BCUT2D eigenvalue weighted by atomic mass is 32.2. The van der Waals surface area contributed by atoms with E-state index in [1.165, 1.54) is 18.4 Å². The summed E-state index contributed by atoms with van der Waals surface area (Å²) in [6.45, 7) is 2.89. The molecule has 1 aromatic carbocycles. The molecule has 2 fully saturated rings. The lowest BCUT2D eigenvalue weighted by Gasteiger charge is -2.39. The molecule has 248 valence electrons. The number of hydrogen-bond donors (Lipinski definition) is 1. The molecule has 1 aliphatic carbocycles. The van der Waals surface area contributed by atoms with Gasteiger partial charge in [0.15, 0.2) is 0 Å². The van der Waals surface area contributed by atoms with Crippen molar-refractivity contribution in [2.45, 2.75) is 62.5 Å². The Bertz CT molecular complexity index is 1890. The van der Waals surface area contributed by atoms with E-state index in [9.17, 15) is 13.7 Å². The molecule has 0 radical (unpaired) electrons. The number of nitriles is 1. The van der Waals surface area contributed by atoms with Gasteiger partial charge in [0.25, 0.3) is 0 Å². The van der Waals surface area contributed by atoms with Gasteiger partial charge in [0.05, 0.1) is 52.9 Å². The average molecular weight is 665 g/mol. The molecule has 2 N–H and O–H groups in total. The second-order valence-electron chi connectivity index (χ2n) is 12.9. The van der Waals surface area contributed by atoms with Crippen molar-refractivity contribution in [3.8, 4) is 17.3 Å². The van der Waals surface area contributed by atoms with Crippen LogP contribution >= 0.6 is 0 Å². The summed E-state index contributed by atoms with van der Waals surface area (Å²) in [4.78, 5) is 8.96. The van der Waals surface area contributed by atoms with Crippen LogP contribution in [0.2, 0.25) is 0 Å². The number of nitrogens with zero attached hydrogens (tertiary/aromatic N) is 5. The highest BCUT2D eigenvalue weighted by Crippen LogP contribution is 2.39. The fourth-order valence-corrected chi connectivity index (χ4v) is 7.46. The van der Waals surface area contributed by atoms with Crippen molar-refractivity contribution in [2.24, 2.45) is 11.7 Å². The number of aromatic nitrogens is 4. The normalized spacial score (nSPS) is 23.1. The van der Waals surface area contributed by atoms with E-state index in [-0.39, 0.29) is 47.6 Å². The third-order valence-corrected chi connectivity index (χ3v) is 10.5. The van der Waals surface area contributed by atoms with Gasteiger partial charge in [-0.05, 0) is 84.5 Å². The predicted molar refractivity (Wildman–Crippen MR) is 171 cm³/mol. The molecule has 0 spiro atoms. The molecule has 1 saturated carbocycles. The predicted octanol–water partition coefficient (Wildman–Crippen LogP) is 4.50. The molecule has 10 nitrogen and oxygen atoms in total. The van der Waals surface area contributed by atoms with E-state index in [1.54, 1.807) is 35.2 Å². The van der Waals surface area contributed by atoms with Crippen molar-refractivity contribution in [3.05, 3.63) is 83.1 Å². The first-order chi connectivity index (χ1) is 22.5. The molecule has 3 aromatic heterocycles. The fraction of sp³-hybridized carbons (Fsp3) is 0.471. The smallest absolute Gasteiger partial charge is 0.149 e. The third kappa shape index (κ3) is 6.92. The van der Waals surface area contributed by atoms with Gasteiger partial charge in [0, 0.05) is 44.3 Å². The Morgan fingerprint density at radius 3 is 2.57 bits per heavy atom. The molecule has 13 heteroatoms. The van der Waals surface area contributed by atoms with E-state index in [0.29, 0.717) is 55.8 Å². The molecular formula is C34H38F2N6O4S. The van der Waals surface area contributed by atoms with Crippen molar-refractivity contribution >= 4 is 15.4 Å². The number of halogens is 2. The Kier molecular flexibility index (Phi) is 9.40. The van der Waals surface area contributed by atoms with Crippen LogP contribution in [0.5, 0.6) is 0 Å². The minimum Gasteiger partial charge on any atom is -0.381 e. The van der Waals surface area contributed by atoms with Gasteiger partial charge in [-0.3, -0.25) is 4.98 Å². The summed E-state index contributed by atoms with van der Waals surface area (Å²) in [7, 11) is -3.13. The number of rotatable bonds is 9. The molecular weight excluding hydrogens is 626 g/mol. The SMILES string of the molecule is C[C@H]1C[C@@H](c2ccncc2Cc2ncc3ccc(-c4c(F)cc(C5(C#N)CCOCC5)cc4F)nn23)C[C@@H](N)[C@H]1OCCS(C)(=O)=O. The van der Waals surface area contributed by atoms with E-state index in [2.05, 4.69) is 28.1 Å². The number of nitrogens with two attached hydrogens (primary N) is 1. The Morgan fingerprint density at radius 2 is 1.89 bits per heavy atom. The van der Waals surface area contributed by atoms with E-state index >= 15 is 8.78 Å². The maximum Gasteiger partial charge on any atom is 0.149 e. The maximum atomic E-state index is 15.6. The van der Waals surface area contributed by atoms with Gasteiger partial charge in [0.2, 0.25) is 0 Å². The van der Waals surface area contributed by atoms with Crippen molar-refractivity contribution < 1.29 is 26.7 Å². The quantitative estimate of drug-likeness (QED) is 0.273. The first-order valence-electron chi connectivity index (χ1n) is 15.8. The lowest BCUT2D eigenvalue weighted by Crippen LogP contribution is -2.47. The van der Waals surface area contributed by atoms with Crippen LogP contribution in [0.25, 0.3) is 16.8 Å². The van der Waals surface area contributed by atoms with Gasteiger partial charge in [0.1, 0.15) is 27.3 Å². The summed E-state index contributed by atoms with van der Waals surface area (Å²) in [5.74, 6) is -0.814. The maximum absolute atomic E-state index is 15.6. The standard InChI is InChI=1S/C34H38F2N6O4S/c1-21-13-22(14-29(38)33(21)46-11-12-47(2,43)44)26-5-8-39-18-23(26)15-31-40-19-25-3-4-30(41-42(25)31)32-27(35)16-24(17-28(32)36)34(20-37)6-9-45-10-7-34/h3-5,8,16-19,21-22,29,33H,6-7,9-15,38H2,1-2H3/t21-,22+,29+,33-/m0/s1. The van der Waals surface area contributed by atoms with Crippen molar-refractivity contribution in [3.63, 3.8) is 0 Å². The molecule has 0 bridgehead atoms. The molecule has 6 rings (SSSR count). The Morgan fingerprint density at radius 1 is 1.15 bits per heavy atom. The first kappa shape index (κ1) is 33.1. The highest BCUT2D eigenvalue weighted by molar-refractivity contribution is 7.90. The third-order valence-electron chi connectivity index (χ3n) is 9.56. The summed E-state index contributed by atoms with van der Waals surface area (Å²) in [6.07, 6.45) is 8.72. The molecule has 0 unspecified atom stereocenters. The van der Waals surface area contributed by atoms with Crippen molar-refractivity contribution in [1.82, 2.24) is 19.6 Å².